The van der Waals surface area contributed by atoms with E-state index in [2.05, 4.69) is 11.4 Å². The highest BCUT2D eigenvalue weighted by atomic mass is 16.5. The molecule has 2 N–H and O–H groups in total. The summed E-state index contributed by atoms with van der Waals surface area (Å²) >= 11 is 0. The molecule has 3 aromatic rings. The number of carbonyl (C=O) groups excluding carboxylic acids is 1. The molecule has 1 unspecified atom stereocenters. The first kappa shape index (κ1) is 25.5. The van der Waals surface area contributed by atoms with Crippen molar-refractivity contribution in [3.63, 3.8) is 0 Å². The van der Waals surface area contributed by atoms with Crippen LogP contribution in [0.1, 0.15) is 65.9 Å². The van der Waals surface area contributed by atoms with Crippen LogP contribution in [0.25, 0.3) is 11.1 Å². The van der Waals surface area contributed by atoms with E-state index in [-0.39, 0.29) is 5.91 Å². The molecule has 0 radical (unpaired) electrons. The number of nitrogens with one attached hydrogen (secondary N) is 1. The van der Waals surface area contributed by atoms with Crippen LogP contribution in [0.4, 0.5) is 5.69 Å². The van der Waals surface area contributed by atoms with E-state index in [0.29, 0.717) is 29.0 Å². The number of hydrogen-bond acceptors (Lipinski definition) is 4. The topological polar surface area (TPSA) is 84.9 Å². The molecular formula is C30H33NO5. The van der Waals surface area contributed by atoms with Crippen LogP contribution in [-0.4, -0.2) is 29.2 Å². The second kappa shape index (κ2) is 10.2. The van der Waals surface area contributed by atoms with Crippen LogP contribution in [0, 0.1) is 13.8 Å². The lowest BCUT2D eigenvalue weighted by atomic mass is 9.86. The first-order chi connectivity index (χ1) is 17.0. The van der Waals surface area contributed by atoms with Crippen LogP contribution in [-0.2, 0) is 16.0 Å². The van der Waals surface area contributed by atoms with Crippen LogP contribution >= 0.6 is 0 Å². The van der Waals surface area contributed by atoms with E-state index >= 15 is 0 Å². The third-order valence-electron chi connectivity index (χ3n) is 6.27. The lowest BCUT2D eigenvalue weighted by Crippen LogP contribution is -2.28. The Balaban J connectivity index is 1.89. The van der Waals surface area contributed by atoms with Gasteiger partial charge in [-0.25, -0.2) is 4.79 Å². The molecule has 6 heteroatoms. The van der Waals surface area contributed by atoms with Gasteiger partial charge in [-0.1, -0.05) is 24.3 Å². The van der Waals surface area contributed by atoms with E-state index in [1.807, 2.05) is 58.9 Å². The molecule has 1 atom stereocenters. The zero-order chi connectivity index (χ0) is 26.0. The quantitative estimate of drug-likeness (QED) is 0.415. The van der Waals surface area contributed by atoms with E-state index in [1.165, 1.54) is 0 Å². The number of carboxylic acid groups (broad SMARTS) is 1. The molecule has 36 heavy (non-hydrogen) atoms. The van der Waals surface area contributed by atoms with Crippen molar-refractivity contribution >= 4 is 17.6 Å². The number of carboxylic acids is 1. The van der Waals surface area contributed by atoms with Gasteiger partial charge in [0.05, 0.1) is 12.2 Å². The molecule has 4 rings (SSSR count). The molecule has 0 spiro atoms. The Labute approximate surface area is 212 Å². The Bertz CT molecular complexity index is 1290. The summed E-state index contributed by atoms with van der Waals surface area (Å²) in [5.41, 5.74) is 5.23. The van der Waals surface area contributed by atoms with Crippen LogP contribution in [0.2, 0.25) is 0 Å². The van der Waals surface area contributed by atoms with Gasteiger partial charge >= 0.3 is 5.97 Å². The number of amides is 1. The Morgan fingerprint density at radius 1 is 1.06 bits per heavy atom. The highest BCUT2D eigenvalue weighted by molar-refractivity contribution is 6.05. The molecule has 0 aromatic heterocycles. The summed E-state index contributed by atoms with van der Waals surface area (Å²) in [4.78, 5) is 25.5. The van der Waals surface area contributed by atoms with E-state index in [1.54, 1.807) is 24.3 Å². The van der Waals surface area contributed by atoms with Crippen molar-refractivity contribution in [2.24, 2.45) is 0 Å². The second-order valence-corrected chi connectivity index (χ2v) is 10.2. The Kier molecular flexibility index (Phi) is 7.18. The maximum atomic E-state index is 13.0. The fourth-order valence-electron chi connectivity index (χ4n) is 4.67. The molecule has 1 amide bonds. The number of anilines is 1. The monoisotopic (exact) mass is 487 g/mol. The number of aliphatic carboxylic acids is 1. The smallest absolute Gasteiger partial charge is 0.337 e. The van der Waals surface area contributed by atoms with Crippen molar-refractivity contribution in [3.8, 4) is 16.9 Å². The highest BCUT2D eigenvalue weighted by Gasteiger charge is 2.32. The number of ether oxygens (including phenoxy) is 2. The average Bonchev–Trinajstić information content (AvgIpc) is 2.84. The Morgan fingerprint density at radius 2 is 1.78 bits per heavy atom. The number of rotatable bonds is 6. The van der Waals surface area contributed by atoms with Gasteiger partial charge in [-0.05, 0) is 106 Å². The van der Waals surface area contributed by atoms with E-state index < -0.39 is 17.7 Å². The predicted molar refractivity (Wildman–Crippen MR) is 141 cm³/mol. The largest absolute Gasteiger partial charge is 0.493 e. The molecule has 0 aliphatic carbocycles. The molecule has 1 aliphatic heterocycles. The highest BCUT2D eigenvalue weighted by Crippen LogP contribution is 2.42. The van der Waals surface area contributed by atoms with Crippen molar-refractivity contribution in [2.75, 3.05) is 11.9 Å². The standard InChI is InChI=1S/C30H33NO5/c1-18-16-23(31-28(32)20-10-7-6-8-11-20)19(2)26(27(29(33)34)36-30(3,4)5)25(18)22-13-14-24-21(17-22)12-9-15-35-24/h6-8,10-11,13-14,16-17,27H,9,12,15H2,1-5H3,(H,31,32)(H,33,34). The summed E-state index contributed by atoms with van der Waals surface area (Å²) in [5.74, 6) is -0.471. The Morgan fingerprint density at radius 3 is 2.44 bits per heavy atom. The van der Waals surface area contributed by atoms with Crippen molar-refractivity contribution in [1.29, 1.82) is 0 Å². The molecule has 1 aliphatic rings. The summed E-state index contributed by atoms with van der Waals surface area (Å²) in [7, 11) is 0. The molecule has 3 aromatic carbocycles. The molecule has 0 bridgehead atoms. The second-order valence-electron chi connectivity index (χ2n) is 10.2. The third-order valence-corrected chi connectivity index (χ3v) is 6.27. The summed E-state index contributed by atoms with van der Waals surface area (Å²) in [6.45, 7) is 9.98. The first-order valence-corrected chi connectivity index (χ1v) is 12.2. The Hall–Kier alpha value is -3.64. The number of hydrogen-bond donors (Lipinski definition) is 2. The minimum Gasteiger partial charge on any atom is -0.493 e. The fraction of sp³-hybridized carbons (Fsp3) is 0.333. The molecule has 0 saturated heterocycles. The summed E-state index contributed by atoms with van der Waals surface area (Å²) in [5, 5.41) is 13.3. The summed E-state index contributed by atoms with van der Waals surface area (Å²) in [6, 6.07) is 16.8. The zero-order valence-corrected chi connectivity index (χ0v) is 21.5. The fourth-order valence-corrected chi connectivity index (χ4v) is 4.67. The maximum absolute atomic E-state index is 13.0. The van der Waals surface area contributed by atoms with Crippen LogP contribution in [0.5, 0.6) is 5.75 Å². The minimum atomic E-state index is -1.22. The van der Waals surface area contributed by atoms with Crippen molar-refractivity contribution in [3.05, 3.63) is 82.4 Å². The summed E-state index contributed by atoms with van der Waals surface area (Å²) < 4.78 is 11.9. The van der Waals surface area contributed by atoms with Crippen molar-refractivity contribution < 1.29 is 24.2 Å². The molecule has 0 saturated carbocycles. The van der Waals surface area contributed by atoms with E-state index in [9.17, 15) is 14.7 Å². The van der Waals surface area contributed by atoms with Crippen molar-refractivity contribution in [2.45, 2.75) is 59.2 Å². The van der Waals surface area contributed by atoms with Gasteiger partial charge in [0, 0.05) is 16.8 Å². The molecular weight excluding hydrogens is 454 g/mol. The van der Waals surface area contributed by atoms with Gasteiger partial charge in [0.15, 0.2) is 6.10 Å². The van der Waals surface area contributed by atoms with E-state index in [4.69, 9.17) is 9.47 Å². The van der Waals surface area contributed by atoms with Gasteiger partial charge in [0.25, 0.3) is 5.91 Å². The lowest BCUT2D eigenvalue weighted by Gasteiger charge is -2.30. The minimum absolute atomic E-state index is 0.258. The number of fused-ring (bicyclic) bond motifs is 1. The molecule has 6 nitrogen and oxygen atoms in total. The SMILES string of the molecule is Cc1cc(NC(=O)c2ccccc2)c(C)c(C(OC(C)(C)C)C(=O)O)c1-c1ccc2c(c1)CCCO2. The van der Waals surface area contributed by atoms with E-state index in [0.717, 1.165) is 40.8 Å². The number of benzene rings is 3. The van der Waals surface area contributed by atoms with Gasteiger partial charge in [-0.2, -0.15) is 0 Å². The lowest BCUT2D eigenvalue weighted by molar-refractivity contribution is -0.160. The number of carbonyl (C=O) groups is 2. The maximum Gasteiger partial charge on any atom is 0.337 e. The van der Waals surface area contributed by atoms with Gasteiger partial charge in [0.2, 0.25) is 0 Å². The number of aryl methyl sites for hydroxylation is 2. The molecule has 188 valence electrons. The van der Waals surface area contributed by atoms with Gasteiger partial charge in [0.1, 0.15) is 5.75 Å². The van der Waals surface area contributed by atoms with Crippen LogP contribution < -0.4 is 10.1 Å². The zero-order valence-electron chi connectivity index (χ0n) is 21.5. The van der Waals surface area contributed by atoms with Gasteiger partial charge < -0.3 is 19.9 Å². The first-order valence-electron chi connectivity index (χ1n) is 12.2. The molecule has 1 heterocycles. The van der Waals surface area contributed by atoms with Gasteiger partial charge in [-0.3, -0.25) is 4.79 Å². The molecule has 0 fully saturated rings. The average molecular weight is 488 g/mol. The van der Waals surface area contributed by atoms with Gasteiger partial charge in [-0.15, -0.1) is 0 Å². The van der Waals surface area contributed by atoms with Crippen molar-refractivity contribution in [1.82, 2.24) is 0 Å². The summed E-state index contributed by atoms with van der Waals surface area (Å²) in [6.07, 6.45) is 0.624. The predicted octanol–water partition coefficient (Wildman–Crippen LogP) is 6.49. The normalized spacial score (nSPS) is 13.9. The van der Waals surface area contributed by atoms with Crippen LogP contribution in [0.15, 0.2) is 54.6 Å². The van der Waals surface area contributed by atoms with Crippen LogP contribution in [0.3, 0.4) is 0 Å². The third kappa shape index (κ3) is 5.44.